The van der Waals surface area contributed by atoms with Gasteiger partial charge >= 0.3 is 0 Å². The largest absolute Gasteiger partial charge is 0.347 e. The molecule has 2 heterocycles. The molecule has 1 unspecified atom stereocenters. The van der Waals surface area contributed by atoms with Gasteiger partial charge in [-0.05, 0) is 18.8 Å². The van der Waals surface area contributed by atoms with Crippen LogP contribution in [0, 0.1) is 0 Å². The summed E-state index contributed by atoms with van der Waals surface area (Å²) >= 11 is 1.85. The van der Waals surface area contributed by atoms with E-state index in [0.29, 0.717) is 5.92 Å². The molecular formula is C11H16IN3O. The highest BCUT2D eigenvalue weighted by atomic mass is 127. The van der Waals surface area contributed by atoms with E-state index in [2.05, 4.69) is 23.8 Å². The first-order valence-electron chi connectivity index (χ1n) is 5.61. The number of aromatic amines is 1. The molecular weight excluding hydrogens is 317 g/mol. The SMILES string of the molecule is CC(C)c1c[nH]c(C2CCCN2C(=O)I)n1. The van der Waals surface area contributed by atoms with E-state index in [0.717, 1.165) is 30.9 Å². The van der Waals surface area contributed by atoms with Crippen molar-refractivity contribution in [1.82, 2.24) is 14.9 Å². The molecule has 16 heavy (non-hydrogen) atoms. The number of hydrogen-bond donors (Lipinski definition) is 1. The molecule has 0 saturated carbocycles. The molecule has 0 aromatic carbocycles. The lowest BCUT2D eigenvalue weighted by Gasteiger charge is -2.20. The number of likely N-dealkylation sites (tertiary alicyclic amines) is 1. The first-order chi connectivity index (χ1) is 7.59. The standard InChI is InChI=1S/C11H16IN3O/c1-7(2)8-6-13-10(14-8)9-4-3-5-15(9)11(12)16/h6-7,9H,3-5H2,1-2H3,(H,13,14). The summed E-state index contributed by atoms with van der Waals surface area (Å²) in [6, 6.07) is 0.150. The van der Waals surface area contributed by atoms with Crippen LogP contribution in [0.2, 0.25) is 0 Å². The minimum Gasteiger partial charge on any atom is -0.347 e. The van der Waals surface area contributed by atoms with Gasteiger partial charge in [0.2, 0.25) is 0 Å². The number of aromatic nitrogens is 2. The number of amides is 1. The zero-order valence-corrected chi connectivity index (χ0v) is 11.7. The number of H-pyrrole nitrogens is 1. The average Bonchev–Trinajstić information content (AvgIpc) is 2.86. The summed E-state index contributed by atoms with van der Waals surface area (Å²) < 4.78 is 0.114. The van der Waals surface area contributed by atoms with Crippen molar-refractivity contribution in [3.05, 3.63) is 17.7 Å². The maximum atomic E-state index is 11.4. The summed E-state index contributed by atoms with van der Waals surface area (Å²) in [6.07, 6.45) is 4.03. The monoisotopic (exact) mass is 333 g/mol. The number of halogens is 1. The molecule has 1 atom stereocenters. The molecule has 4 nitrogen and oxygen atoms in total. The second-order valence-corrected chi connectivity index (χ2v) is 5.39. The Balaban J connectivity index is 2.19. The van der Waals surface area contributed by atoms with Gasteiger partial charge in [0.15, 0.2) is 0 Å². The van der Waals surface area contributed by atoms with Gasteiger partial charge in [0, 0.05) is 35.3 Å². The second kappa shape index (κ2) is 4.73. The van der Waals surface area contributed by atoms with Gasteiger partial charge in [-0.1, -0.05) is 13.8 Å². The van der Waals surface area contributed by atoms with Gasteiger partial charge in [0.25, 0.3) is 3.91 Å². The molecule has 88 valence electrons. The number of carbonyl (C=O) groups is 1. The van der Waals surface area contributed by atoms with Crippen LogP contribution in [0.5, 0.6) is 0 Å². The molecule has 0 aliphatic carbocycles. The van der Waals surface area contributed by atoms with Gasteiger partial charge < -0.3 is 9.88 Å². The fraction of sp³-hybridized carbons (Fsp3) is 0.636. The van der Waals surface area contributed by atoms with Gasteiger partial charge in [-0.15, -0.1) is 0 Å². The molecule has 1 saturated heterocycles. The predicted octanol–water partition coefficient (Wildman–Crippen LogP) is 3.23. The van der Waals surface area contributed by atoms with Crippen molar-refractivity contribution < 1.29 is 4.79 Å². The molecule has 5 heteroatoms. The summed E-state index contributed by atoms with van der Waals surface area (Å²) in [5, 5.41) is 0. The molecule has 1 N–H and O–H groups in total. The van der Waals surface area contributed by atoms with Crippen molar-refractivity contribution in [2.45, 2.75) is 38.6 Å². The Hall–Kier alpha value is -0.590. The Morgan fingerprint density at radius 2 is 2.44 bits per heavy atom. The molecule has 1 fully saturated rings. The zero-order chi connectivity index (χ0) is 11.7. The lowest BCUT2D eigenvalue weighted by molar-refractivity contribution is 0.220. The maximum Gasteiger partial charge on any atom is 0.283 e. The highest BCUT2D eigenvalue weighted by molar-refractivity contribution is 14.1. The Labute approximate surface area is 109 Å². The summed E-state index contributed by atoms with van der Waals surface area (Å²) in [4.78, 5) is 21.1. The number of carbonyl (C=O) groups excluding carboxylic acids is 1. The van der Waals surface area contributed by atoms with E-state index >= 15 is 0 Å². The van der Waals surface area contributed by atoms with Crippen LogP contribution in [0.4, 0.5) is 4.79 Å². The predicted molar refractivity (Wildman–Crippen MR) is 70.8 cm³/mol. The topological polar surface area (TPSA) is 49.0 Å². The molecule has 0 radical (unpaired) electrons. The normalized spacial score (nSPS) is 20.8. The number of nitrogens with one attached hydrogen (secondary N) is 1. The van der Waals surface area contributed by atoms with Crippen molar-refractivity contribution in [1.29, 1.82) is 0 Å². The van der Waals surface area contributed by atoms with Crippen LogP contribution < -0.4 is 0 Å². The van der Waals surface area contributed by atoms with E-state index in [4.69, 9.17) is 0 Å². The van der Waals surface area contributed by atoms with Gasteiger partial charge in [-0.2, -0.15) is 0 Å². The van der Waals surface area contributed by atoms with Gasteiger partial charge in [-0.3, -0.25) is 4.79 Å². The lowest BCUT2D eigenvalue weighted by Crippen LogP contribution is -2.25. The van der Waals surface area contributed by atoms with Crippen LogP contribution in [-0.2, 0) is 0 Å². The molecule has 1 amide bonds. The van der Waals surface area contributed by atoms with Crippen LogP contribution in [-0.4, -0.2) is 25.3 Å². The fourth-order valence-corrected chi connectivity index (χ4v) is 2.66. The van der Waals surface area contributed by atoms with E-state index in [1.165, 1.54) is 0 Å². The summed E-state index contributed by atoms with van der Waals surface area (Å²) in [5.41, 5.74) is 1.07. The van der Waals surface area contributed by atoms with Crippen LogP contribution in [0.25, 0.3) is 0 Å². The van der Waals surface area contributed by atoms with E-state index in [9.17, 15) is 4.79 Å². The summed E-state index contributed by atoms with van der Waals surface area (Å²) in [7, 11) is 0. The third kappa shape index (κ3) is 2.23. The highest BCUT2D eigenvalue weighted by Crippen LogP contribution is 2.32. The van der Waals surface area contributed by atoms with Crippen molar-refractivity contribution in [2.75, 3.05) is 6.54 Å². The Morgan fingerprint density at radius 1 is 1.69 bits per heavy atom. The molecule has 0 bridgehead atoms. The third-order valence-electron chi connectivity index (χ3n) is 3.00. The van der Waals surface area contributed by atoms with Crippen LogP contribution in [0.3, 0.4) is 0 Å². The summed E-state index contributed by atoms with van der Waals surface area (Å²) in [5.74, 6) is 1.36. The van der Waals surface area contributed by atoms with Gasteiger partial charge in [0.1, 0.15) is 5.82 Å². The number of imidazole rings is 1. The van der Waals surface area contributed by atoms with Crippen LogP contribution in [0.15, 0.2) is 6.20 Å². The summed E-state index contributed by atoms with van der Waals surface area (Å²) in [6.45, 7) is 5.09. The van der Waals surface area contributed by atoms with Crippen molar-refractivity contribution >= 4 is 26.5 Å². The fourth-order valence-electron chi connectivity index (χ4n) is 2.08. The van der Waals surface area contributed by atoms with E-state index in [1.54, 1.807) is 0 Å². The van der Waals surface area contributed by atoms with Gasteiger partial charge in [-0.25, -0.2) is 4.98 Å². The second-order valence-electron chi connectivity index (χ2n) is 4.47. The minimum atomic E-state index is 0.114. The van der Waals surface area contributed by atoms with Crippen molar-refractivity contribution in [3.8, 4) is 0 Å². The number of nitrogens with zero attached hydrogens (tertiary/aromatic N) is 2. The van der Waals surface area contributed by atoms with E-state index in [1.807, 2.05) is 33.7 Å². The molecule has 1 aliphatic heterocycles. The third-order valence-corrected chi connectivity index (χ3v) is 3.62. The lowest BCUT2D eigenvalue weighted by atomic mass is 10.1. The number of rotatable bonds is 2. The van der Waals surface area contributed by atoms with Crippen LogP contribution in [0.1, 0.15) is 50.2 Å². The molecule has 1 aliphatic rings. The molecule has 2 rings (SSSR count). The van der Waals surface area contributed by atoms with Gasteiger partial charge in [0.05, 0.1) is 11.7 Å². The average molecular weight is 333 g/mol. The Kier molecular flexibility index (Phi) is 3.51. The quantitative estimate of drug-likeness (QED) is 0.513. The first kappa shape index (κ1) is 11.9. The Bertz CT molecular complexity index is 388. The molecule has 0 spiro atoms. The first-order valence-corrected chi connectivity index (χ1v) is 6.68. The maximum absolute atomic E-state index is 11.4. The Morgan fingerprint density at radius 3 is 3.00 bits per heavy atom. The van der Waals surface area contributed by atoms with E-state index in [-0.39, 0.29) is 9.96 Å². The molecule has 1 aromatic heterocycles. The van der Waals surface area contributed by atoms with E-state index < -0.39 is 0 Å². The van der Waals surface area contributed by atoms with Crippen molar-refractivity contribution in [2.24, 2.45) is 0 Å². The smallest absolute Gasteiger partial charge is 0.283 e. The minimum absolute atomic E-state index is 0.114. The number of hydrogen-bond acceptors (Lipinski definition) is 2. The molecule has 1 aromatic rings. The van der Waals surface area contributed by atoms with Crippen LogP contribution >= 0.6 is 22.6 Å². The zero-order valence-electron chi connectivity index (χ0n) is 9.53. The van der Waals surface area contributed by atoms with Crippen molar-refractivity contribution in [3.63, 3.8) is 0 Å². The highest BCUT2D eigenvalue weighted by Gasteiger charge is 2.30.